The second-order valence-electron chi connectivity index (χ2n) is 5.09. The monoisotopic (exact) mass is 376 g/mol. The fourth-order valence-electron chi connectivity index (χ4n) is 2.20. The topological polar surface area (TPSA) is 148 Å². The Morgan fingerprint density at radius 3 is 2.81 bits per heavy atom. The number of hydrogen-bond acceptors (Lipinski definition) is 8. The van der Waals surface area contributed by atoms with Crippen molar-refractivity contribution in [2.45, 2.75) is 5.16 Å². The summed E-state index contributed by atoms with van der Waals surface area (Å²) < 4.78 is 10.4. The van der Waals surface area contributed by atoms with Gasteiger partial charge >= 0.3 is 0 Å². The standard InChI is InChI=1S/C15H16N6O4S/c1-24-7-3-4-9(25-2)8(5-7)17-10(22)6-26-15-18-11-12(20-15)19-14(16)21-13(11)23/h3-5H,6H2,1-2H3,(H,17,22)(H4,16,18,19,20,21,23). The van der Waals surface area contributed by atoms with E-state index in [0.717, 1.165) is 11.8 Å². The number of carbonyl (C=O) groups excluding carboxylic acids is 1. The molecular weight excluding hydrogens is 360 g/mol. The number of ether oxygens (including phenoxy) is 2. The minimum absolute atomic E-state index is 0.0200. The molecule has 1 amide bonds. The summed E-state index contributed by atoms with van der Waals surface area (Å²) in [6.45, 7) is 0. The fourth-order valence-corrected chi connectivity index (χ4v) is 2.87. The van der Waals surface area contributed by atoms with Crippen molar-refractivity contribution in [3.8, 4) is 11.5 Å². The third-order valence-electron chi connectivity index (χ3n) is 3.38. The normalized spacial score (nSPS) is 10.7. The molecule has 2 aromatic heterocycles. The molecule has 1 aromatic carbocycles. The Labute approximate surface area is 151 Å². The van der Waals surface area contributed by atoms with Gasteiger partial charge in [-0.3, -0.25) is 14.6 Å². The number of thioether (sulfide) groups is 1. The van der Waals surface area contributed by atoms with E-state index in [1.54, 1.807) is 18.2 Å². The Bertz CT molecular complexity index is 1020. The number of nitrogens with two attached hydrogens (primary N) is 1. The van der Waals surface area contributed by atoms with Crippen LogP contribution in [0.15, 0.2) is 28.2 Å². The first-order valence-corrected chi connectivity index (χ1v) is 8.39. The van der Waals surface area contributed by atoms with Gasteiger partial charge in [0.05, 0.1) is 25.7 Å². The predicted octanol–water partition coefficient (Wildman–Crippen LogP) is 0.976. The molecule has 0 unspecified atom stereocenters. The van der Waals surface area contributed by atoms with E-state index in [1.165, 1.54) is 14.2 Å². The third kappa shape index (κ3) is 3.72. The van der Waals surface area contributed by atoms with Crippen LogP contribution in [0.2, 0.25) is 0 Å². The van der Waals surface area contributed by atoms with Crippen molar-refractivity contribution >= 4 is 40.5 Å². The van der Waals surface area contributed by atoms with E-state index in [2.05, 4.69) is 25.3 Å². The van der Waals surface area contributed by atoms with Crippen molar-refractivity contribution in [3.63, 3.8) is 0 Å². The minimum Gasteiger partial charge on any atom is -0.497 e. The maximum Gasteiger partial charge on any atom is 0.278 e. The summed E-state index contributed by atoms with van der Waals surface area (Å²) in [4.78, 5) is 37.2. The van der Waals surface area contributed by atoms with Crippen LogP contribution < -0.4 is 26.1 Å². The average molecular weight is 376 g/mol. The number of imidazole rings is 1. The number of methoxy groups -OCH3 is 2. The summed E-state index contributed by atoms with van der Waals surface area (Å²) in [6, 6.07) is 5.09. The molecule has 10 nitrogen and oxygen atoms in total. The quantitative estimate of drug-likeness (QED) is 0.465. The molecule has 136 valence electrons. The smallest absolute Gasteiger partial charge is 0.278 e. The van der Waals surface area contributed by atoms with Gasteiger partial charge in [-0.2, -0.15) is 4.98 Å². The van der Waals surface area contributed by atoms with Gasteiger partial charge in [0.1, 0.15) is 11.5 Å². The highest BCUT2D eigenvalue weighted by molar-refractivity contribution is 7.99. The number of benzene rings is 1. The minimum atomic E-state index is -0.419. The van der Waals surface area contributed by atoms with Crippen LogP contribution in [0, 0.1) is 0 Å². The predicted molar refractivity (Wildman–Crippen MR) is 97.8 cm³/mol. The summed E-state index contributed by atoms with van der Waals surface area (Å²) >= 11 is 1.13. The first-order chi connectivity index (χ1) is 12.5. The molecule has 0 bridgehead atoms. The number of carbonyl (C=O) groups is 1. The first-order valence-electron chi connectivity index (χ1n) is 7.40. The summed E-state index contributed by atoms with van der Waals surface area (Å²) in [7, 11) is 3.05. The summed E-state index contributed by atoms with van der Waals surface area (Å²) in [6.07, 6.45) is 0. The van der Waals surface area contributed by atoms with Crippen molar-refractivity contribution in [3.05, 3.63) is 28.6 Å². The number of rotatable bonds is 6. The van der Waals surface area contributed by atoms with Gasteiger partial charge in [-0.15, -0.1) is 0 Å². The van der Waals surface area contributed by atoms with E-state index in [9.17, 15) is 9.59 Å². The molecule has 0 fully saturated rings. The molecule has 26 heavy (non-hydrogen) atoms. The highest BCUT2D eigenvalue weighted by Crippen LogP contribution is 2.29. The van der Waals surface area contributed by atoms with Crippen molar-refractivity contribution in [1.29, 1.82) is 0 Å². The number of H-pyrrole nitrogens is 2. The molecule has 0 aliphatic heterocycles. The molecule has 0 spiro atoms. The highest BCUT2D eigenvalue weighted by atomic mass is 32.2. The van der Waals surface area contributed by atoms with Crippen LogP contribution in [-0.4, -0.2) is 45.8 Å². The van der Waals surface area contributed by atoms with E-state index in [-0.39, 0.29) is 28.8 Å². The number of nitrogen functional groups attached to an aromatic ring is 1. The summed E-state index contributed by atoms with van der Waals surface area (Å²) in [5.74, 6) is 0.873. The van der Waals surface area contributed by atoms with E-state index >= 15 is 0 Å². The van der Waals surface area contributed by atoms with Crippen molar-refractivity contribution in [2.24, 2.45) is 0 Å². The Hall–Kier alpha value is -3.21. The van der Waals surface area contributed by atoms with Gasteiger partial charge < -0.3 is 25.5 Å². The molecule has 5 N–H and O–H groups in total. The fraction of sp³-hybridized carbons (Fsp3) is 0.200. The SMILES string of the molecule is COc1ccc(OC)c(NC(=O)CSc2nc3nc(N)[nH]c(=O)c3[nH]2)c1. The Kier molecular flexibility index (Phi) is 4.98. The highest BCUT2D eigenvalue weighted by Gasteiger charge is 2.13. The van der Waals surface area contributed by atoms with Crippen LogP contribution in [0.5, 0.6) is 11.5 Å². The number of amides is 1. The summed E-state index contributed by atoms with van der Waals surface area (Å²) in [5, 5.41) is 3.14. The molecule has 0 saturated carbocycles. The largest absolute Gasteiger partial charge is 0.497 e. The second kappa shape index (κ2) is 7.35. The van der Waals surface area contributed by atoms with Crippen LogP contribution in [0.4, 0.5) is 11.6 Å². The lowest BCUT2D eigenvalue weighted by molar-refractivity contribution is -0.113. The van der Waals surface area contributed by atoms with E-state index < -0.39 is 5.56 Å². The third-order valence-corrected chi connectivity index (χ3v) is 4.25. The average Bonchev–Trinajstić information content (AvgIpc) is 3.03. The molecule has 2 heterocycles. The maximum atomic E-state index is 12.2. The van der Waals surface area contributed by atoms with Gasteiger partial charge in [0.15, 0.2) is 16.3 Å². The van der Waals surface area contributed by atoms with Crippen molar-refractivity contribution in [2.75, 3.05) is 31.0 Å². The Morgan fingerprint density at radius 2 is 2.08 bits per heavy atom. The number of nitrogens with zero attached hydrogens (tertiary/aromatic N) is 2. The van der Waals surface area contributed by atoms with Gasteiger partial charge in [0, 0.05) is 6.07 Å². The van der Waals surface area contributed by atoms with Crippen molar-refractivity contribution in [1.82, 2.24) is 19.9 Å². The lowest BCUT2D eigenvalue weighted by atomic mass is 10.2. The number of nitrogens with one attached hydrogen (secondary N) is 3. The first kappa shape index (κ1) is 17.6. The van der Waals surface area contributed by atoms with Gasteiger partial charge in [-0.1, -0.05) is 11.8 Å². The van der Waals surface area contributed by atoms with Gasteiger partial charge in [-0.05, 0) is 12.1 Å². The number of anilines is 2. The Balaban J connectivity index is 1.70. The van der Waals surface area contributed by atoms with Crippen LogP contribution in [-0.2, 0) is 4.79 Å². The van der Waals surface area contributed by atoms with Crippen LogP contribution in [0.25, 0.3) is 11.2 Å². The van der Waals surface area contributed by atoms with Gasteiger partial charge in [0.2, 0.25) is 11.9 Å². The molecule has 11 heteroatoms. The molecule has 0 saturated heterocycles. The zero-order chi connectivity index (χ0) is 18.7. The van der Waals surface area contributed by atoms with Crippen molar-refractivity contribution < 1.29 is 14.3 Å². The Morgan fingerprint density at radius 1 is 1.27 bits per heavy atom. The number of hydrogen-bond donors (Lipinski definition) is 4. The number of aromatic amines is 2. The van der Waals surface area contributed by atoms with E-state index in [4.69, 9.17) is 15.2 Å². The molecule has 0 atom stereocenters. The molecule has 3 aromatic rings. The van der Waals surface area contributed by atoms with Crippen LogP contribution in [0.1, 0.15) is 0 Å². The van der Waals surface area contributed by atoms with E-state index in [0.29, 0.717) is 22.3 Å². The molecule has 0 aliphatic carbocycles. The zero-order valence-corrected chi connectivity index (χ0v) is 14.8. The lowest BCUT2D eigenvalue weighted by Gasteiger charge is -2.11. The maximum absolute atomic E-state index is 12.2. The van der Waals surface area contributed by atoms with Gasteiger partial charge in [-0.25, -0.2) is 4.98 Å². The number of fused-ring (bicyclic) bond motifs is 1. The van der Waals surface area contributed by atoms with Crippen LogP contribution >= 0.6 is 11.8 Å². The summed E-state index contributed by atoms with van der Waals surface area (Å²) in [5.41, 5.74) is 5.96. The molecular formula is C15H16N6O4S. The van der Waals surface area contributed by atoms with E-state index in [1.807, 2.05) is 0 Å². The molecule has 0 radical (unpaired) electrons. The molecule has 0 aliphatic rings. The lowest BCUT2D eigenvalue weighted by Crippen LogP contribution is -2.15. The van der Waals surface area contributed by atoms with Gasteiger partial charge in [0.25, 0.3) is 5.56 Å². The molecule has 3 rings (SSSR count). The number of aromatic nitrogens is 4. The zero-order valence-electron chi connectivity index (χ0n) is 14.0. The van der Waals surface area contributed by atoms with Crippen LogP contribution in [0.3, 0.4) is 0 Å². The second-order valence-corrected chi connectivity index (χ2v) is 6.06.